The number of benzene rings is 2. The van der Waals surface area contributed by atoms with E-state index in [4.69, 9.17) is 23.2 Å². The van der Waals surface area contributed by atoms with Crippen molar-refractivity contribution >= 4 is 11.0 Å². The van der Waals surface area contributed by atoms with Crippen LogP contribution in [-0.4, -0.2) is 31.0 Å². The predicted octanol–water partition coefficient (Wildman–Crippen LogP) is 3.93. The summed E-state index contributed by atoms with van der Waals surface area (Å²) in [6, 6.07) is 12.2. The lowest BCUT2D eigenvalue weighted by Gasteiger charge is -2.07. The average molecular weight is 394 g/mol. The van der Waals surface area contributed by atoms with Gasteiger partial charge in [0.1, 0.15) is 17.1 Å². The standard InChI is InChI=1S/C21H18N2O6/c1-4-27-16-7-5-6-12-10-15(21(24)28-18(12)16)20-22-19(23-29-20)14-9-8-13(25-2)11-17(14)26-3/h5-11H,4H2,1-3H3. The predicted molar refractivity (Wildman–Crippen MR) is 105 cm³/mol. The van der Waals surface area contributed by atoms with E-state index in [0.29, 0.717) is 40.4 Å². The van der Waals surface area contributed by atoms with E-state index in [-0.39, 0.29) is 17.3 Å². The van der Waals surface area contributed by atoms with Crippen LogP contribution in [0.3, 0.4) is 0 Å². The summed E-state index contributed by atoms with van der Waals surface area (Å²) < 4.78 is 26.9. The highest BCUT2D eigenvalue weighted by molar-refractivity contribution is 5.85. The summed E-state index contributed by atoms with van der Waals surface area (Å²) in [5, 5.41) is 4.67. The molecular weight excluding hydrogens is 376 g/mol. The second kappa shape index (κ2) is 7.67. The molecule has 0 aliphatic carbocycles. The largest absolute Gasteiger partial charge is 0.497 e. The third-order valence-electron chi connectivity index (χ3n) is 4.33. The Morgan fingerprint density at radius 3 is 2.62 bits per heavy atom. The average Bonchev–Trinajstić information content (AvgIpc) is 3.23. The van der Waals surface area contributed by atoms with Crippen LogP contribution in [0, 0.1) is 0 Å². The molecule has 0 N–H and O–H groups in total. The number of fused-ring (bicyclic) bond motifs is 1. The molecule has 4 rings (SSSR count). The maximum absolute atomic E-state index is 12.6. The van der Waals surface area contributed by atoms with Crippen molar-refractivity contribution in [2.45, 2.75) is 6.92 Å². The number of hydrogen-bond acceptors (Lipinski definition) is 8. The van der Waals surface area contributed by atoms with Crippen LogP contribution in [0.5, 0.6) is 17.2 Å². The van der Waals surface area contributed by atoms with Gasteiger partial charge in [0.25, 0.3) is 5.89 Å². The third-order valence-corrected chi connectivity index (χ3v) is 4.33. The molecule has 2 aromatic carbocycles. The van der Waals surface area contributed by atoms with Crippen LogP contribution < -0.4 is 19.8 Å². The Balaban J connectivity index is 1.78. The summed E-state index contributed by atoms with van der Waals surface area (Å²) >= 11 is 0. The first-order valence-electron chi connectivity index (χ1n) is 8.90. The number of hydrogen-bond donors (Lipinski definition) is 0. The van der Waals surface area contributed by atoms with Crippen LogP contribution in [0.25, 0.3) is 33.8 Å². The molecule has 29 heavy (non-hydrogen) atoms. The van der Waals surface area contributed by atoms with E-state index in [9.17, 15) is 4.79 Å². The quantitative estimate of drug-likeness (QED) is 0.454. The molecule has 0 amide bonds. The van der Waals surface area contributed by atoms with Crippen molar-refractivity contribution in [3.63, 3.8) is 0 Å². The van der Waals surface area contributed by atoms with Crippen molar-refractivity contribution in [2.24, 2.45) is 0 Å². The lowest BCUT2D eigenvalue weighted by Crippen LogP contribution is -2.04. The molecule has 0 fully saturated rings. The topological polar surface area (TPSA) is 96.8 Å². The Morgan fingerprint density at radius 1 is 1.00 bits per heavy atom. The van der Waals surface area contributed by atoms with Crippen molar-refractivity contribution in [3.05, 3.63) is 52.9 Å². The normalized spacial score (nSPS) is 10.9. The highest BCUT2D eigenvalue weighted by Gasteiger charge is 2.19. The molecule has 2 aromatic heterocycles. The summed E-state index contributed by atoms with van der Waals surface area (Å²) in [7, 11) is 3.10. The van der Waals surface area contributed by atoms with Crippen LogP contribution in [0.15, 0.2) is 56.2 Å². The van der Waals surface area contributed by atoms with Crippen molar-refractivity contribution in [3.8, 4) is 40.1 Å². The molecular formula is C21H18N2O6. The zero-order valence-corrected chi connectivity index (χ0v) is 16.1. The van der Waals surface area contributed by atoms with E-state index in [1.807, 2.05) is 19.1 Å². The zero-order chi connectivity index (χ0) is 20.4. The fourth-order valence-corrected chi connectivity index (χ4v) is 2.96. The monoisotopic (exact) mass is 394 g/mol. The summed E-state index contributed by atoms with van der Waals surface area (Å²) in [6.45, 7) is 2.32. The zero-order valence-electron chi connectivity index (χ0n) is 16.1. The van der Waals surface area contributed by atoms with Crippen molar-refractivity contribution in [1.29, 1.82) is 0 Å². The number of rotatable bonds is 6. The maximum atomic E-state index is 12.6. The molecule has 0 bridgehead atoms. The van der Waals surface area contributed by atoms with Crippen LogP contribution in [0.2, 0.25) is 0 Å². The van der Waals surface area contributed by atoms with Crippen LogP contribution in [-0.2, 0) is 0 Å². The van der Waals surface area contributed by atoms with Gasteiger partial charge in [-0.05, 0) is 31.2 Å². The Hall–Kier alpha value is -3.81. The number of nitrogens with zero attached hydrogens (tertiary/aromatic N) is 2. The van der Waals surface area contributed by atoms with Crippen molar-refractivity contribution in [2.75, 3.05) is 20.8 Å². The summed E-state index contributed by atoms with van der Waals surface area (Å²) in [5.74, 6) is 1.98. The maximum Gasteiger partial charge on any atom is 0.349 e. The second-order valence-electron chi connectivity index (χ2n) is 6.04. The fourth-order valence-electron chi connectivity index (χ4n) is 2.96. The van der Waals surface area contributed by atoms with Crippen LogP contribution >= 0.6 is 0 Å². The molecule has 148 valence electrons. The van der Waals surface area contributed by atoms with E-state index < -0.39 is 5.63 Å². The number of methoxy groups -OCH3 is 2. The molecule has 8 nitrogen and oxygen atoms in total. The Kier molecular flexibility index (Phi) is 4.90. The van der Waals surface area contributed by atoms with Gasteiger partial charge in [-0.3, -0.25) is 0 Å². The molecule has 0 saturated carbocycles. The molecule has 0 aliphatic rings. The van der Waals surface area contributed by atoms with Gasteiger partial charge in [0.2, 0.25) is 5.82 Å². The first-order valence-corrected chi connectivity index (χ1v) is 8.90. The Morgan fingerprint density at radius 2 is 1.86 bits per heavy atom. The summed E-state index contributed by atoms with van der Waals surface area (Å²) in [4.78, 5) is 16.9. The molecule has 0 saturated heterocycles. The molecule has 0 aliphatic heterocycles. The first-order chi connectivity index (χ1) is 14.1. The number of ether oxygens (including phenoxy) is 3. The van der Waals surface area contributed by atoms with Gasteiger partial charge in [0, 0.05) is 11.5 Å². The lowest BCUT2D eigenvalue weighted by molar-refractivity contribution is 0.337. The van der Waals surface area contributed by atoms with Crippen molar-refractivity contribution < 1.29 is 23.2 Å². The first kappa shape index (κ1) is 18.5. The SMILES string of the molecule is CCOc1cccc2cc(-c3nc(-c4ccc(OC)cc4OC)no3)c(=O)oc12. The van der Waals surface area contributed by atoms with Gasteiger partial charge in [0.05, 0.1) is 26.4 Å². The highest BCUT2D eigenvalue weighted by atomic mass is 16.5. The number of para-hydroxylation sites is 1. The minimum Gasteiger partial charge on any atom is -0.497 e. The van der Waals surface area contributed by atoms with Gasteiger partial charge in [0.15, 0.2) is 11.3 Å². The van der Waals surface area contributed by atoms with Crippen molar-refractivity contribution in [1.82, 2.24) is 10.1 Å². The van der Waals surface area contributed by atoms with E-state index in [0.717, 1.165) is 0 Å². The minimum absolute atomic E-state index is 0.0512. The molecule has 0 unspecified atom stereocenters. The Bertz CT molecular complexity index is 1230. The minimum atomic E-state index is -0.596. The lowest BCUT2D eigenvalue weighted by atomic mass is 10.1. The van der Waals surface area contributed by atoms with Gasteiger partial charge in [-0.2, -0.15) is 4.98 Å². The highest BCUT2D eigenvalue weighted by Crippen LogP contribution is 2.33. The molecule has 8 heteroatoms. The molecule has 2 heterocycles. The van der Waals surface area contributed by atoms with E-state index in [1.54, 1.807) is 37.4 Å². The van der Waals surface area contributed by atoms with Gasteiger partial charge in [-0.1, -0.05) is 17.3 Å². The van der Waals surface area contributed by atoms with Gasteiger partial charge in [-0.25, -0.2) is 4.79 Å². The summed E-state index contributed by atoms with van der Waals surface area (Å²) in [6.07, 6.45) is 0. The molecule has 4 aromatic rings. The van der Waals surface area contributed by atoms with Gasteiger partial charge >= 0.3 is 5.63 Å². The van der Waals surface area contributed by atoms with Crippen LogP contribution in [0.1, 0.15) is 6.92 Å². The van der Waals surface area contributed by atoms with E-state index in [2.05, 4.69) is 10.1 Å². The fraction of sp³-hybridized carbons (Fsp3) is 0.190. The molecule has 0 radical (unpaired) electrons. The third kappa shape index (κ3) is 3.40. The second-order valence-corrected chi connectivity index (χ2v) is 6.04. The van der Waals surface area contributed by atoms with Crippen LogP contribution in [0.4, 0.5) is 0 Å². The van der Waals surface area contributed by atoms with Gasteiger partial charge < -0.3 is 23.2 Å². The Labute approximate surface area is 165 Å². The van der Waals surface area contributed by atoms with E-state index in [1.165, 1.54) is 7.11 Å². The molecule has 0 atom stereocenters. The number of aromatic nitrogens is 2. The van der Waals surface area contributed by atoms with E-state index >= 15 is 0 Å². The summed E-state index contributed by atoms with van der Waals surface area (Å²) in [5.41, 5.74) is 0.547. The van der Waals surface area contributed by atoms with Gasteiger partial charge in [-0.15, -0.1) is 0 Å². The molecule has 0 spiro atoms. The smallest absolute Gasteiger partial charge is 0.349 e.